The van der Waals surface area contributed by atoms with Gasteiger partial charge in [0.25, 0.3) is 5.91 Å². The van der Waals surface area contributed by atoms with Gasteiger partial charge in [-0.3, -0.25) is 4.79 Å². The first kappa shape index (κ1) is 15.6. The van der Waals surface area contributed by atoms with E-state index in [4.69, 9.17) is 16.2 Å². The summed E-state index contributed by atoms with van der Waals surface area (Å²) in [7, 11) is 0. The second kappa shape index (κ2) is 6.80. The molecule has 0 radical (unpaired) electrons. The average molecular weight is 311 g/mol. The van der Waals surface area contributed by atoms with E-state index in [1.165, 1.54) is 24.2 Å². The van der Waals surface area contributed by atoms with Crippen molar-refractivity contribution in [1.29, 1.82) is 0 Å². The van der Waals surface area contributed by atoms with Gasteiger partial charge in [-0.25, -0.2) is 4.79 Å². The highest BCUT2D eigenvalue weighted by Gasteiger charge is 2.28. The number of thiophene rings is 1. The lowest BCUT2D eigenvalue weighted by Crippen LogP contribution is -2.26. The van der Waals surface area contributed by atoms with E-state index in [1.807, 2.05) is 0 Å². The van der Waals surface area contributed by atoms with Crippen molar-refractivity contribution in [3.63, 3.8) is 0 Å². The summed E-state index contributed by atoms with van der Waals surface area (Å²) in [5, 5.41) is 0.699. The van der Waals surface area contributed by atoms with Crippen LogP contribution in [0.15, 0.2) is 0 Å². The normalized spacial score (nSPS) is 15.6. The fraction of sp³-hybridized carbons (Fsp3) is 0.571. The van der Waals surface area contributed by atoms with Crippen LogP contribution in [0.3, 0.4) is 0 Å². The second-order valence-electron chi connectivity index (χ2n) is 5.01. The van der Waals surface area contributed by atoms with Crippen molar-refractivity contribution in [2.45, 2.75) is 32.6 Å². The van der Waals surface area contributed by atoms with Crippen LogP contribution in [0.4, 0.5) is 10.7 Å². The topological polar surface area (TPSA) is 98.6 Å². The van der Waals surface area contributed by atoms with Gasteiger partial charge in [0.1, 0.15) is 9.88 Å². The third-order valence-corrected chi connectivity index (χ3v) is 4.77. The molecule has 2 heterocycles. The summed E-state index contributed by atoms with van der Waals surface area (Å²) in [4.78, 5) is 26.1. The molecule has 6 nitrogen and oxygen atoms in total. The van der Waals surface area contributed by atoms with Crippen molar-refractivity contribution in [2.75, 3.05) is 30.3 Å². The van der Waals surface area contributed by atoms with E-state index in [2.05, 4.69) is 4.90 Å². The molecule has 1 aliphatic heterocycles. The minimum absolute atomic E-state index is 0.144. The number of hydrogen-bond acceptors (Lipinski definition) is 6. The molecule has 1 aromatic rings. The number of hydrogen-bond donors (Lipinski definition) is 2. The molecule has 0 aromatic carbocycles. The van der Waals surface area contributed by atoms with Crippen molar-refractivity contribution in [2.24, 2.45) is 5.73 Å². The maximum absolute atomic E-state index is 11.9. The number of nitrogen functional groups attached to an aromatic ring is 1. The maximum atomic E-state index is 11.9. The number of esters is 1. The summed E-state index contributed by atoms with van der Waals surface area (Å²) in [6.45, 7) is 3.69. The van der Waals surface area contributed by atoms with Crippen LogP contribution in [-0.2, 0) is 4.74 Å². The van der Waals surface area contributed by atoms with Crippen molar-refractivity contribution in [3.05, 3.63) is 10.4 Å². The van der Waals surface area contributed by atoms with Crippen molar-refractivity contribution >= 4 is 33.9 Å². The molecule has 1 aromatic heterocycles. The SMILES string of the molecule is CCOC(=O)c1sc(N2CCCCCC2)c(C(N)=O)c1N. The summed E-state index contributed by atoms with van der Waals surface area (Å²) in [5.41, 5.74) is 11.8. The van der Waals surface area contributed by atoms with E-state index in [0.29, 0.717) is 5.00 Å². The van der Waals surface area contributed by atoms with Gasteiger partial charge in [-0.05, 0) is 19.8 Å². The molecule has 0 spiro atoms. The molecule has 0 saturated carbocycles. The standard InChI is InChI=1S/C14H21N3O3S/c1-2-20-14(19)11-10(15)9(12(16)18)13(21-11)17-7-5-3-4-6-8-17/h2-8,15H2,1H3,(H2,16,18). The Morgan fingerprint density at radius 2 is 1.86 bits per heavy atom. The van der Waals surface area contributed by atoms with E-state index in [0.717, 1.165) is 25.9 Å². The molecular formula is C14H21N3O3S. The van der Waals surface area contributed by atoms with Gasteiger partial charge in [0.2, 0.25) is 0 Å². The van der Waals surface area contributed by atoms with Gasteiger partial charge in [-0.2, -0.15) is 0 Å². The lowest BCUT2D eigenvalue weighted by molar-refractivity contribution is 0.0533. The zero-order chi connectivity index (χ0) is 15.4. The van der Waals surface area contributed by atoms with E-state index >= 15 is 0 Å². The van der Waals surface area contributed by atoms with E-state index in [-0.39, 0.29) is 22.7 Å². The highest BCUT2D eigenvalue weighted by atomic mass is 32.1. The first-order valence-corrected chi connectivity index (χ1v) is 8.02. The summed E-state index contributed by atoms with van der Waals surface area (Å²) in [6.07, 6.45) is 4.47. The van der Waals surface area contributed by atoms with Crippen molar-refractivity contribution in [3.8, 4) is 0 Å². The molecule has 1 amide bonds. The zero-order valence-corrected chi connectivity index (χ0v) is 13.0. The average Bonchev–Trinajstić information content (AvgIpc) is 2.63. The number of primary amides is 1. The summed E-state index contributed by atoms with van der Waals surface area (Å²) < 4.78 is 4.99. The van der Waals surface area contributed by atoms with Crippen molar-refractivity contribution < 1.29 is 14.3 Å². The highest BCUT2D eigenvalue weighted by molar-refractivity contribution is 7.19. The number of amides is 1. The molecule has 2 rings (SSSR count). The number of nitrogens with two attached hydrogens (primary N) is 2. The van der Waals surface area contributed by atoms with Crippen LogP contribution in [0.2, 0.25) is 0 Å². The molecule has 4 N–H and O–H groups in total. The number of rotatable bonds is 4. The number of nitrogens with zero attached hydrogens (tertiary/aromatic N) is 1. The third-order valence-electron chi connectivity index (χ3n) is 3.53. The predicted octanol–water partition coefficient (Wildman–Crippen LogP) is 1.99. The van der Waals surface area contributed by atoms with Gasteiger partial charge in [0.15, 0.2) is 0 Å². The second-order valence-corrected chi connectivity index (χ2v) is 6.01. The molecule has 7 heteroatoms. The fourth-order valence-electron chi connectivity index (χ4n) is 2.51. The minimum atomic E-state index is -0.599. The Bertz CT molecular complexity index is 534. The van der Waals surface area contributed by atoms with Crippen LogP contribution in [0.1, 0.15) is 52.6 Å². The van der Waals surface area contributed by atoms with E-state index in [9.17, 15) is 9.59 Å². The van der Waals surface area contributed by atoms with E-state index < -0.39 is 11.9 Å². The van der Waals surface area contributed by atoms with Crippen LogP contribution in [0.5, 0.6) is 0 Å². The zero-order valence-electron chi connectivity index (χ0n) is 12.2. The Kier molecular flexibility index (Phi) is 5.06. The van der Waals surface area contributed by atoms with Crippen LogP contribution < -0.4 is 16.4 Å². The largest absolute Gasteiger partial charge is 0.462 e. The summed E-state index contributed by atoms with van der Waals surface area (Å²) >= 11 is 1.20. The molecule has 1 saturated heterocycles. The molecule has 21 heavy (non-hydrogen) atoms. The summed E-state index contributed by atoms with van der Waals surface area (Å²) in [6, 6.07) is 0. The molecule has 0 aliphatic carbocycles. The van der Waals surface area contributed by atoms with E-state index in [1.54, 1.807) is 6.92 Å². The molecule has 1 aliphatic rings. The number of carbonyl (C=O) groups is 2. The van der Waals surface area contributed by atoms with Gasteiger partial charge in [-0.15, -0.1) is 11.3 Å². The lowest BCUT2D eigenvalue weighted by atomic mass is 10.2. The number of ether oxygens (including phenoxy) is 1. The van der Waals surface area contributed by atoms with Crippen LogP contribution in [0.25, 0.3) is 0 Å². The number of anilines is 2. The fourth-order valence-corrected chi connectivity index (χ4v) is 3.69. The Morgan fingerprint density at radius 3 is 2.38 bits per heavy atom. The molecule has 0 atom stereocenters. The Hall–Kier alpha value is -1.76. The molecule has 0 unspecified atom stereocenters. The van der Waals surface area contributed by atoms with Gasteiger partial charge < -0.3 is 21.1 Å². The highest BCUT2D eigenvalue weighted by Crippen LogP contribution is 2.39. The van der Waals surface area contributed by atoms with Crippen LogP contribution in [-0.4, -0.2) is 31.6 Å². The van der Waals surface area contributed by atoms with Gasteiger partial charge in [-0.1, -0.05) is 12.8 Å². The van der Waals surface area contributed by atoms with Gasteiger partial charge in [0, 0.05) is 13.1 Å². The minimum Gasteiger partial charge on any atom is -0.462 e. The maximum Gasteiger partial charge on any atom is 0.350 e. The van der Waals surface area contributed by atoms with Crippen LogP contribution >= 0.6 is 11.3 Å². The first-order chi connectivity index (χ1) is 10.1. The third kappa shape index (κ3) is 3.29. The monoisotopic (exact) mass is 311 g/mol. The van der Waals surface area contributed by atoms with Crippen molar-refractivity contribution in [1.82, 2.24) is 0 Å². The first-order valence-electron chi connectivity index (χ1n) is 7.20. The number of carbonyl (C=O) groups excluding carboxylic acids is 2. The Labute approximate surface area is 128 Å². The molecule has 0 bridgehead atoms. The smallest absolute Gasteiger partial charge is 0.350 e. The lowest BCUT2D eigenvalue weighted by Gasteiger charge is -2.21. The molecule has 1 fully saturated rings. The Balaban J connectivity index is 2.41. The van der Waals surface area contributed by atoms with Crippen LogP contribution in [0, 0.1) is 0 Å². The molecule has 116 valence electrons. The predicted molar refractivity (Wildman–Crippen MR) is 83.9 cm³/mol. The molecular weight excluding hydrogens is 290 g/mol. The van der Waals surface area contributed by atoms with Gasteiger partial charge >= 0.3 is 5.97 Å². The summed E-state index contributed by atoms with van der Waals surface area (Å²) in [5.74, 6) is -1.10. The van der Waals surface area contributed by atoms with Gasteiger partial charge in [0.05, 0.1) is 17.9 Å². The quantitative estimate of drug-likeness (QED) is 0.828. The Morgan fingerprint density at radius 1 is 1.24 bits per heavy atom.